The van der Waals surface area contributed by atoms with Crippen LogP contribution in [0.3, 0.4) is 0 Å². The van der Waals surface area contributed by atoms with Gasteiger partial charge in [-0.25, -0.2) is 4.68 Å². The Morgan fingerprint density at radius 2 is 1.96 bits per heavy atom. The maximum Gasteiger partial charge on any atom is 0.228 e. The van der Waals surface area contributed by atoms with Gasteiger partial charge in [0.1, 0.15) is 5.82 Å². The SMILES string of the molecule is O=C1CCCN1c1cc(-c2cccnc2)nn1-c1ccc(Cl)c(Cl)c1. The highest BCUT2D eigenvalue weighted by atomic mass is 35.5. The van der Waals surface area contributed by atoms with Crippen LogP contribution in [0, 0.1) is 0 Å². The molecule has 5 nitrogen and oxygen atoms in total. The van der Waals surface area contributed by atoms with Crippen LogP contribution >= 0.6 is 23.2 Å². The molecule has 3 aromatic rings. The Bertz CT molecular complexity index is 940. The molecule has 0 atom stereocenters. The molecule has 4 rings (SSSR count). The van der Waals surface area contributed by atoms with Crippen LogP contribution in [0.2, 0.25) is 10.0 Å². The topological polar surface area (TPSA) is 51.0 Å². The first-order valence-corrected chi connectivity index (χ1v) is 8.65. The number of carbonyl (C=O) groups is 1. The summed E-state index contributed by atoms with van der Waals surface area (Å²) in [5.74, 6) is 0.818. The number of hydrogen-bond acceptors (Lipinski definition) is 3. The van der Waals surface area contributed by atoms with Crippen LogP contribution in [0.5, 0.6) is 0 Å². The average Bonchev–Trinajstić information content (AvgIpc) is 3.24. The Morgan fingerprint density at radius 3 is 2.64 bits per heavy atom. The maximum atomic E-state index is 12.3. The molecular formula is C18H14Cl2N4O. The average molecular weight is 373 g/mol. The second kappa shape index (κ2) is 6.50. The molecule has 2 aromatic heterocycles. The van der Waals surface area contributed by atoms with Crippen LogP contribution in [0.25, 0.3) is 16.9 Å². The van der Waals surface area contributed by atoms with E-state index in [1.54, 1.807) is 34.1 Å². The number of rotatable bonds is 3. The van der Waals surface area contributed by atoms with Crippen molar-refractivity contribution in [3.05, 3.63) is 58.8 Å². The number of nitrogens with zero attached hydrogens (tertiary/aromatic N) is 4. The number of anilines is 1. The van der Waals surface area contributed by atoms with Crippen molar-refractivity contribution in [2.24, 2.45) is 0 Å². The zero-order valence-electron chi connectivity index (χ0n) is 13.2. The molecule has 7 heteroatoms. The van der Waals surface area contributed by atoms with Gasteiger partial charge in [0.05, 0.1) is 21.4 Å². The predicted octanol–water partition coefficient (Wildman–Crippen LogP) is 4.37. The zero-order chi connectivity index (χ0) is 17.4. The summed E-state index contributed by atoms with van der Waals surface area (Å²) in [6, 6.07) is 11.0. The normalized spacial score (nSPS) is 14.3. The van der Waals surface area contributed by atoms with Crippen LogP contribution in [0.15, 0.2) is 48.8 Å². The lowest BCUT2D eigenvalue weighted by Gasteiger charge is -2.17. The smallest absolute Gasteiger partial charge is 0.228 e. The lowest BCUT2D eigenvalue weighted by atomic mass is 10.2. The number of aromatic nitrogens is 3. The van der Waals surface area contributed by atoms with Gasteiger partial charge in [-0.15, -0.1) is 0 Å². The number of amides is 1. The molecule has 3 heterocycles. The highest BCUT2D eigenvalue weighted by Crippen LogP contribution is 2.31. The molecule has 1 amide bonds. The van der Waals surface area contributed by atoms with Gasteiger partial charge in [0.15, 0.2) is 0 Å². The molecule has 0 bridgehead atoms. The summed E-state index contributed by atoms with van der Waals surface area (Å²) in [7, 11) is 0. The van der Waals surface area contributed by atoms with Crippen molar-refractivity contribution in [1.29, 1.82) is 0 Å². The van der Waals surface area contributed by atoms with Crippen molar-refractivity contribution in [2.45, 2.75) is 12.8 Å². The fourth-order valence-corrected chi connectivity index (χ4v) is 3.21. The van der Waals surface area contributed by atoms with Gasteiger partial charge in [-0.2, -0.15) is 5.10 Å². The summed E-state index contributed by atoms with van der Waals surface area (Å²) < 4.78 is 1.73. The first kappa shape index (κ1) is 16.1. The van der Waals surface area contributed by atoms with E-state index >= 15 is 0 Å². The standard InChI is InChI=1S/C18H14Cl2N4O/c19-14-6-5-13(9-15(14)20)24-17(23-8-2-4-18(23)25)10-16(22-24)12-3-1-7-21-11-12/h1,3,5-7,9-11H,2,4,8H2. The fraction of sp³-hybridized carbons (Fsp3) is 0.167. The Balaban J connectivity index is 1.87. The summed E-state index contributed by atoms with van der Waals surface area (Å²) in [6.45, 7) is 0.679. The van der Waals surface area contributed by atoms with E-state index in [-0.39, 0.29) is 5.91 Å². The Morgan fingerprint density at radius 1 is 1.08 bits per heavy atom. The van der Waals surface area contributed by atoms with Gasteiger partial charge in [-0.05, 0) is 36.8 Å². The number of benzene rings is 1. The molecule has 1 aliphatic rings. The molecule has 1 aromatic carbocycles. The molecule has 0 radical (unpaired) electrons. The number of carbonyl (C=O) groups excluding carboxylic acids is 1. The third-order valence-electron chi connectivity index (χ3n) is 4.15. The molecule has 25 heavy (non-hydrogen) atoms. The quantitative estimate of drug-likeness (QED) is 0.685. The molecule has 0 saturated carbocycles. The largest absolute Gasteiger partial charge is 0.297 e. The van der Waals surface area contributed by atoms with E-state index in [0.29, 0.717) is 23.0 Å². The van der Waals surface area contributed by atoms with Gasteiger partial charge >= 0.3 is 0 Å². The highest BCUT2D eigenvalue weighted by molar-refractivity contribution is 6.42. The summed E-state index contributed by atoms with van der Waals surface area (Å²) >= 11 is 12.2. The molecule has 0 spiro atoms. The highest BCUT2D eigenvalue weighted by Gasteiger charge is 2.26. The third-order valence-corrected chi connectivity index (χ3v) is 4.88. The molecule has 1 aliphatic heterocycles. The van der Waals surface area contributed by atoms with Crippen molar-refractivity contribution < 1.29 is 4.79 Å². The van der Waals surface area contributed by atoms with E-state index in [2.05, 4.69) is 10.1 Å². The van der Waals surface area contributed by atoms with Gasteiger partial charge in [-0.3, -0.25) is 14.7 Å². The summed E-state index contributed by atoms with van der Waals surface area (Å²) in [5, 5.41) is 5.60. The fourth-order valence-electron chi connectivity index (χ4n) is 2.92. The second-order valence-corrected chi connectivity index (χ2v) is 6.60. The molecular weight excluding hydrogens is 359 g/mol. The molecule has 0 aliphatic carbocycles. The summed E-state index contributed by atoms with van der Waals surface area (Å²) in [5.41, 5.74) is 2.38. The first-order valence-electron chi connectivity index (χ1n) is 7.90. The van der Waals surface area contributed by atoms with Crippen molar-refractivity contribution in [3.63, 3.8) is 0 Å². The molecule has 1 saturated heterocycles. The minimum atomic E-state index is 0.0962. The summed E-state index contributed by atoms with van der Waals surface area (Å²) in [4.78, 5) is 18.2. The lowest BCUT2D eigenvalue weighted by Crippen LogP contribution is -2.26. The maximum absolute atomic E-state index is 12.3. The van der Waals surface area contributed by atoms with Crippen molar-refractivity contribution in [2.75, 3.05) is 11.4 Å². The van der Waals surface area contributed by atoms with E-state index in [9.17, 15) is 4.79 Å². The molecule has 1 fully saturated rings. The zero-order valence-corrected chi connectivity index (χ0v) is 14.7. The summed E-state index contributed by atoms with van der Waals surface area (Å²) in [6.07, 6.45) is 4.85. The molecule has 126 valence electrons. The van der Waals surface area contributed by atoms with E-state index in [1.165, 1.54) is 0 Å². The van der Waals surface area contributed by atoms with Gasteiger partial charge in [0.25, 0.3) is 0 Å². The van der Waals surface area contributed by atoms with Crippen LogP contribution in [0.4, 0.5) is 5.82 Å². The first-order chi connectivity index (χ1) is 12.1. The Hall–Kier alpha value is -2.37. The van der Waals surface area contributed by atoms with Crippen molar-refractivity contribution in [3.8, 4) is 16.9 Å². The van der Waals surface area contributed by atoms with Gasteiger partial charge < -0.3 is 0 Å². The van der Waals surface area contributed by atoms with Gasteiger partial charge in [0, 0.05) is 37.0 Å². The minimum Gasteiger partial charge on any atom is -0.297 e. The van der Waals surface area contributed by atoms with E-state index in [0.717, 1.165) is 29.2 Å². The molecule has 0 N–H and O–H groups in total. The number of hydrogen-bond donors (Lipinski definition) is 0. The monoisotopic (exact) mass is 372 g/mol. The van der Waals surface area contributed by atoms with E-state index in [1.807, 2.05) is 24.3 Å². The van der Waals surface area contributed by atoms with Crippen molar-refractivity contribution in [1.82, 2.24) is 14.8 Å². The third kappa shape index (κ3) is 3.01. The van der Waals surface area contributed by atoms with Crippen LogP contribution in [0.1, 0.15) is 12.8 Å². The molecule has 0 unspecified atom stereocenters. The van der Waals surface area contributed by atoms with Crippen molar-refractivity contribution >= 4 is 34.9 Å². The predicted molar refractivity (Wildman–Crippen MR) is 98.4 cm³/mol. The van der Waals surface area contributed by atoms with E-state index in [4.69, 9.17) is 23.2 Å². The second-order valence-electron chi connectivity index (χ2n) is 5.79. The number of pyridine rings is 1. The minimum absolute atomic E-state index is 0.0962. The number of halogens is 2. The van der Waals surface area contributed by atoms with Gasteiger partial charge in [-0.1, -0.05) is 23.2 Å². The van der Waals surface area contributed by atoms with Crippen LogP contribution < -0.4 is 4.90 Å². The Kier molecular flexibility index (Phi) is 4.19. The van der Waals surface area contributed by atoms with Crippen LogP contribution in [-0.4, -0.2) is 27.2 Å². The van der Waals surface area contributed by atoms with Gasteiger partial charge in [0.2, 0.25) is 5.91 Å². The van der Waals surface area contributed by atoms with E-state index < -0.39 is 0 Å². The Labute approximate surface area is 154 Å². The van der Waals surface area contributed by atoms with Crippen LogP contribution in [-0.2, 0) is 4.79 Å². The lowest BCUT2D eigenvalue weighted by molar-refractivity contribution is -0.117.